The summed E-state index contributed by atoms with van der Waals surface area (Å²) in [6, 6.07) is 15.7. The molecular formula is C20H25N3O2. The van der Waals surface area contributed by atoms with E-state index in [0.29, 0.717) is 12.2 Å². The van der Waals surface area contributed by atoms with E-state index in [1.807, 2.05) is 64.6 Å². The van der Waals surface area contributed by atoms with Crippen LogP contribution in [0, 0.1) is 12.3 Å². The molecule has 0 bridgehead atoms. The van der Waals surface area contributed by atoms with Crippen molar-refractivity contribution in [1.29, 1.82) is 5.41 Å². The van der Waals surface area contributed by atoms with Crippen LogP contribution in [0.4, 0.5) is 0 Å². The number of hydrogen-bond acceptors (Lipinski definition) is 3. The van der Waals surface area contributed by atoms with Crippen molar-refractivity contribution in [2.45, 2.75) is 39.5 Å². The van der Waals surface area contributed by atoms with E-state index in [1.165, 1.54) is 0 Å². The number of hydrogen-bond donors (Lipinski definition) is 2. The number of nitrogens with zero attached hydrogens (tertiary/aromatic N) is 2. The predicted molar refractivity (Wildman–Crippen MR) is 98.8 cm³/mol. The largest absolute Gasteiger partial charge is 0.491 e. The molecule has 1 aromatic heterocycles. The molecule has 0 spiro atoms. The lowest BCUT2D eigenvalue weighted by Crippen LogP contribution is -2.31. The molecule has 0 radical (unpaired) electrons. The summed E-state index contributed by atoms with van der Waals surface area (Å²) in [6.07, 6.45) is 0.276. The minimum absolute atomic E-state index is 0.199. The van der Waals surface area contributed by atoms with Crippen molar-refractivity contribution in [3.63, 3.8) is 0 Å². The zero-order valence-electron chi connectivity index (χ0n) is 14.8. The Morgan fingerprint density at radius 3 is 2.36 bits per heavy atom. The summed E-state index contributed by atoms with van der Waals surface area (Å²) in [4.78, 5) is 0. The van der Waals surface area contributed by atoms with Gasteiger partial charge in [0, 0.05) is 6.54 Å². The second kappa shape index (κ2) is 7.57. The van der Waals surface area contributed by atoms with Crippen molar-refractivity contribution < 1.29 is 9.84 Å². The van der Waals surface area contributed by atoms with Crippen LogP contribution in [0.3, 0.4) is 0 Å². The zero-order valence-corrected chi connectivity index (χ0v) is 14.8. The van der Waals surface area contributed by atoms with Gasteiger partial charge in [-0.3, -0.25) is 5.41 Å². The topological polar surface area (TPSA) is 63.2 Å². The van der Waals surface area contributed by atoms with Gasteiger partial charge in [0.25, 0.3) is 0 Å². The molecule has 0 aliphatic carbocycles. The standard InChI is InChI=1S/C20H25N3O2/c1-3-12-22-17-9-5-6-10-18(17)23(20(22)21)13-16(24)14-25-19-11-7-4-8-15(19)2/h4-11,16,21,24H,3,12-14H2,1-2H3/t16-/m0/s1. The summed E-state index contributed by atoms with van der Waals surface area (Å²) in [5.74, 6) is 0.783. The smallest absolute Gasteiger partial charge is 0.203 e. The highest BCUT2D eigenvalue weighted by Gasteiger charge is 2.14. The second-order valence-electron chi connectivity index (χ2n) is 6.30. The van der Waals surface area contributed by atoms with Gasteiger partial charge in [-0.1, -0.05) is 37.3 Å². The predicted octanol–water partition coefficient (Wildman–Crippen LogP) is 3.08. The molecule has 0 unspecified atom stereocenters. The van der Waals surface area contributed by atoms with E-state index < -0.39 is 6.10 Å². The van der Waals surface area contributed by atoms with Gasteiger partial charge in [-0.15, -0.1) is 0 Å². The summed E-state index contributed by atoms with van der Waals surface area (Å²) in [5, 5.41) is 18.9. The Kier molecular flexibility index (Phi) is 5.24. The number of aliphatic hydroxyl groups excluding tert-OH is 1. The SMILES string of the molecule is CCCn1c(=N)n(C[C@H](O)COc2ccccc2C)c2ccccc21. The van der Waals surface area contributed by atoms with Crippen molar-refractivity contribution in [2.75, 3.05) is 6.61 Å². The van der Waals surface area contributed by atoms with E-state index in [2.05, 4.69) is 6.92 Å². The minimum Gasteiger partial charge on any atom is -0.491 e. The third-order valence-electron chi connectivity index (χ3n) is 4.34. The fraction of sp³-hybridized carbons (Fsp3) is 0.350. The molecule has 1 heterocycles. The molecule has 5 nitrogen and oxygen atoms in total. The second-order valence-corrected chi connectivity index (χ2v) is 6.30. The van der Waals surface area contributed by atoms with Crippen LogP contribution in [0.2, 0.25) is 0 Å². The van der Waals surface area contributed by atoms with Crippen LogP contribution in [0.15, 0.2) is 48.5 Å². The number of aliphatic hydroxyl groups is 1. The molecule has 0 saturated carbocycles. The third kappa shape index (κ3) is 3.61. The first-order valence-electron chi connectivity index (χ1n) is 8.71. The number of fused-ring (bicyclic) bond motifs is 1. The number of aryl methyl sites for hydroxylation is 2. The number of imidazole rings is 1. The fourth-order valence-corrected chi connectivity index (χ4v) is 3.10. The monoisotopic (exact) mass is 339 g/mol. The summed E-state index contributed by atoms with van der Waals surface area (Å²) < 4.78 is 9.59. The van der Waals surface area contributed by atoms with Gasteiger partial charge < -0.3 is 19.0 Å². The molecule has 3 rings (SSSR count). The van der Waals surface area contributed by atoms with Crippen molar-refractivity contribution in [2.24, 2.45) is 0 Å². The van der Waals surface area contributed by atoms with Crippen molar-refractivity contribution >= 4 is 11.0 Å². The molecule has 1 atom stereocenters. The van der Waals surface area contributed by atoms with Crippen molar-refractivity contribution in [3.05, 3.63) is 59.7 Å². The fourth-order valence-electron chi connectivity index (χ4n) is 3.10. The maximum absolute atomic E-state index is 10.4. The number of rotatable bonds is 7. The molecule has 0 saturated heterocycles. The lowest BCUT2D eigenvalue weighted by Gasteiger charge is -2.15. The van der Waals surface area contributed by atoms with Crippen LogP contribution >= 0.6 is 0 Å². The number of nitrogens with one attached hydrogen (secondary N) is 1. The minimum atomic E-state index is -0.686. The Morgan fingerprint density at radius 1 is 1.04 bits per heavy atom. The van der Waals surface area contributed by atoms with Crippen LogP contribution in [0.1, 0.15) is 18.9 Å². The first kappa shape index (κ1) is 17.3. The maximum atomic E-state index is 10.4. The van der Waals surface area contributed by atoms with Gasteiger partial charge in [0.2, 0.25) is 5.62 Å². The van der Waals surface area contributed by atoms with Gasteiger partial charge in [-0.05, 0) is 37.1 Å². The Morgan fingerprint density at radius 2 is 1.68 bits per heavy atom. The van der Waals surface area contributed by atoms with Gasteiger partial charge in [0.15, 0.2) is 0 Å². The highest BCUT2D eigenvalue weighted by molar-refractivity contribution is 5.75. The van der Waals surface area contributed by atoms with Crippen LogP contribution in [0.25, 0.3) is 11.0 Å². The number of para-hydroxylation sites is 3. The Balaban J connectivity index is 1.79. The molecule has 0 amide bonds. The Bertz CT molecular complexity index is 911. The molecule has 0 fully saturated rings. The van der Waals surface area contributed by atoms with Crippen LogP contribution in [-0.4, -0.2) is 27.0 Å². The number of benzene rings is 2. The van der Waals surface area contributed by atoms with Crippen LogP contribution in [-0.2, 0) is 13.1 Å². The highest BCUT2D eigenvalue weighted by atomic mass is 16.5. The summed E-state index contributed by atoms with van der Waals surface area (Å²) in [5.41, 5.74) is 3.46. The van der Waals surface area contributed by atoms with Gasteiger partial charge >= 0.3 is 0 Å². The molecule has 0 aliphatic rings. The quantitative estimate of drug-likeness (QED) is 0.695. The lowest BCUT2D eigenvalue weighted by atomic mass is 10.2. The molecule has 25 heavy (non-hydrogen) atoms. The molecule has 0 aliphatic heterocycles. The summed E-state index contributed by atoms with van der Waals surface area (Å²) >= 11 is 0. The first-order chi connectivity index (χ1) is 12.1. The van der Waals surface area contributed by atoms with Crippen LogP contribution < -0.4 is 10.4 Å². The molecular weight excluding hydrogens is 314 g/mol. The van der Waals surface area contributed by atoms with E-state index in [0.717, 1.165) is 35.3 Å². The van der Waals surface area contributed by atoms with Gasteiger partial charge in [0.05, 0.1) is 17.6 Å². The summed E-state index contributed by atoms with van der Waals surface area (Å²) in [6.45, 7) is 5.41. The van der Waals surface area contributed by atoms with Crippen molar-refractivity contribution in [1.82, 2.24) is 9.13 Å². The molecule has 2 N–H and O–H groups in total. The molecule has 5 heteroatoms. The van der Waals surface area contributed by atoms with E-state index in [4.69, 9.17) is 10.1 Å². The van der Waals surface area contributed by atoms with E-state index in [1.54, 1.807) is 0 Å². The molecule has 132 valence electrons. The van der Waals surface area contributed by atoms with E-state index in [9.17, 15) is 5.11 Å². The Hall–Kier alpha value is -2.53. The third-order valence-corrected chi connectivity index (χ3v) is 4.34. The Labute approximate surface area is 147 Å². The maximum Gasteiger partial charge on any atom is 0.203 e. The zero-order chi connectivity index (χ0) is 17.8. The van der Waals surface area contributed by atoms with Gasteiger partial charge in [-0.25, -0.2) is 0 Å². The highest BCUT2D eigenvalue weighted by Crippen LogP contribution is 2.17. The normalized spacial score (nSPS) is 12.4. The average molecular weight is 339 g/mol. The van der Waals surface area contributed by atoms with Gasteiger partial charge in [0.1, 0.15) is 18.5 Å². The first-order valence-corrected chi connectivity index (χ1v) is 8.71. The molecule has 2 aromatic carbocycles. The van der Waals surface area contributed by atoms with E-state index in [-0.39, 0.29) is 6.61 Å². The van der Waals surface area contributed by atoms with Crippen LogP contribution in [0.5, 0.6) is 5.75 Å². The number of ether oxygens (including phenoxy) is 1. The average Bonchev–Trinajstić information content (AvgIpc) is 2.87. The molecule has 3 aromatic rings. The summed E-state index contributed by atoms with van der Waals surface area (Å²) in [7, 11) is 0. The number of aromatic nitrogens is 2. The lowest BCUT2D eigenvalue weighted by molar-refractivity contribution is 0.0917. The van der Waals surface area contributed by atoms with E-state index >= 15 is 0 Å². The van der Waals surface area contributed by atoms with Gasteiger partial charge in [-0.2, -0.15) is 0 Å². The van der Waals surface area contributed by atoms with Crippen molar-refractivity contribution in [3.8, 4) is 5.75 Å².